The number of ether oxygens (including phenoxy) is 3. The van der Waals surface area contributed by atoms with Crippen molar-refractivity contribution in [3.63, 3.8) is 0 Å². The molecule has 0 saturated carbocycles. The molecule has 1 aromatic heterocycles. The van der Waals surface area contributed by atoms with Crippen LogP contribution in [-0.2, 0) is 9.59 Å². The molecule has 0 atom stereocenters. The van der Waals surface area contributed by atoms with Gasteiger partial charge in [-0.3, -0.25) is 14.9 Å². The number of hydrogen-bond acceptors (Lipinski definition) is 9. The van der Waals surface area contributed by atoms with Crippen LogP contribution in [0.2, 0.25) is 0 Å². The number of nitrogens with one attached hydrogen (secondary N) is 2. The Kier molecular flexibility index (Phi) is 8.88. The predicted molar refractivity (Wildman–Crippen MR) is 134 cm³/mol. The van der Waals surface area contributed by atoms with E-state index in [4.69, 9.17) is 14.2 Å². The third-order valence-electron chi connectivity index (χ3n) is 4.41. The van der Waals surface area contributed by atoms with Gasteiger partial charge in [0.25, 0.3) is 0 Å². The molecule has 1 heterocycles. The largest absolute Gasteiger partial charge is 0.493 e. The molecule has 0 aliphatic carbocycles. The molecule has 0 saturated heterocycles. The maximum atomic E-state index is 12.3. The molecule has 0 bridgehead atoms. The summed E-state index contributed by atoms with van der Waals surface area (Å²) in [6.07, 6.45) is 2.98. The van der Waals surface area contributed by atoms with Gasteiger partial charge in [-0.25, -0.2) is 0 Å². The summed E-state index contributed by atoms with van der Waals surface area (Å²) >= 11 is 2.43. The molecule has 34 heavy (non-hydrogen) atoms. The highest BCUT2D eigenvalue weighted by atomic mass is 32.2. The van der Waals surface area contributed by atoms with Gasteiger partial charge in [0.15, 0.2) is 15.8 Å². The summed E-state index contributed by atoms with van der Waals surface area (Å²) < 4.78 is 16.5. The highest BCUT2D eigenvalue weighted by molar-refractivity contribution is 8.01. The van der Waals surface area contributed by atoms with E-state index in [-0.39, 0.29) is 17.6 Å². The van der Waals surface area contributed by atoms with E-state index < -0.39 is 0 Å². The fraction of sp³-hybridized carbons (Fsp3) is 0.217. The fourth-order valence-corrected chi connectivity index (χ4v) is 4.35. The van der Waals surface area contributed by atoms with Crippen molar-refractivity contribution in [3.05, 3.63) is 53.6 Å². The third-order valence-corrected chi connectivity index (χ3v) is 6.38. The van der Waals surface area contributed by atoms with Crippen LogP contribution in [0.5, 0.6) is 17.2 Å². The summed E-state index contributed by atoms with van der Waals surface area (Å²) in [4.78, 5) is 24.4. The zero-order chi connectivity index (χ0) is 24.5. The molecule has 9 nitrogen and oxygen atoms in total. The van der Waals surface area contributed by atoms with Gasteiger partial charge < -0.3 is 19.5 Å². The Balaban J connectivity index is 1.53. The molecule has 178 valence electrons. The Morgan fingerprint density at radius 1 is 1.00 bits per heavy atom. The van der Waals surface area contributed by atoms with Crippen molar-refractivity contribution in [2.24, 2.45) is 0 Å². The van der Waals surface area contributed by atoms with Crippen LogP contribution in [-0.4, -0.2) is 49.1 Å². The molecule has 0 spiro atoms. The Labute approximate surface area is 205 Å². The number of anilines is 2. The van der Waals surface area contributed by atoms with Gasteiger partial charge in [-0.1, -0.05) is 40.8 Å². The monoisotopic (exact) mass is 500 g/mol. The van der Waals surface area contributed by atoms with Crippen molar-refractivity contribution in [3.8, 4) is 17.2 Å². The van der Waals surface area contributed by atoms with Crippen LogP contribution >= 0.6 is 23.1 Å². The van der Waals surface area contributed by atoms with E-state index in [1.807, 2.05) is 31.2 Å². The van der Waals surface area contributed by atoms with Gasteiger partial charge in [0.2, 0.25) is 22.7 Å². The minimum absolute atomic E-state index is 0.150. The van der Waals surface area contributed by atoms with E-state index in [9.17, 15) is 9.59 Å². The second kappa shape index (κ2) is 12.1. The van der Waals surface area contributed by atoms with Crippen LogP contribution in [0.1, 0.15) is 11.1 Å². The maximum Gasteiger partial charge on any atom is 0.250 e. The van der Waals surface area contributed by atoms with Crippen molar-refractivity contribution in [1.29, 1.82) is 0 Å². The molecule has 0 aliphatic rings. The number of amides is 2. The van der Waals surface area contributed by atoms with Crippen molar-refractivity contribution in [1.82, 2.24) is 10.2 Å². The molecule has 0 radical (unpaired) electrons. The zero-order valence-corrected chi connectivity index (χ0v) is 20.7. The van der Waals surface area contributed by atoms with Crippen LogP contribution in [0.15, 0.2) is 46.8 Å². The molecule has 0 aliphatic heterocycles. The number of aromatic nitrogens is 2. The highest BCUT2D eigenvalue weighted by Crippen LogP contribution is 2.38. The van der Waals surface area contributed by atoms with Crippen LogP contribution < -0.4 is 24.8 Å². The van der Waals surface area contributed by atoms with Gasteiger partial charge in [0, 0.05) is 11.8 Å². The average Bonchev–Trinajstić information content (AvgIpc) is 3.29. The molecule has 2 aromatic carbocycles. The lowest BCUT2D eigenvalue weighted by atomic mass is 10.1. The van der Waals surface area contributed by atoms with Crippen LogP contribution in [0.25, 0.3) is 6.08 Å². The molecule has 3 rings (SSSR count). The quantitative estimate of drug-likeness (QED) is 0.241. The molecular formula is C23H24N4O5S2. The lowest BCUT2D eigenvalue weighted by Gasteiger charge is -2.12. The van der Waals surface area contributed by atoms with E-state index in [1.54, 1.807) is 18.2 Å². The van der Waals surface area contributed by atoms with E-state index in [0.717, 1.165) is 11.3 Å². The molecule has 0 fully saturated rings. The molecule has 0 unspecified atom stereocenters. The van der Waals surface area contributed by atoms with Crippen molar-refractivity contribution >= 4 is 51.8 Å². The first kappa shape index (κ1) is 25.1. The molecule has 3 aromatic rings. The summed E-state index contributed by atoms with van der Waals surface area (Å²) in [5.41, 5.74) is 2.55. The Morgan fingerprint density at radius 2 is 1.68 bits per heavy atom. The van der Waals surface area contributed by atoms with E-state index >= 15 is 0 Å². The minimum atomic E-state index is -0.376. The number of nitrogens with zero attached hydrogens (tertiary/aromatic N) is 2. The third kappa shape index (κ3) is 6.96. The molecule has 2 N–H and O–H groups in total. The predicted octanol–water partition coefficient (Wildman–Crippen LogP) is 4.26. The van der Waals surface area contributed by atoms with Gasteiger partial charge in [-0.2, -0.15) is 0 Å². The standard InChI is InChI=1S/C23H24N4O5S2/c1-14-5-8-16(9-6-14)24-20(29)13-33-23-27-26-22(34-23)25-19(28)10-7-15-11-17(30-2)21(32-4)18(12-15)31-3/h5-12H,13H2,1-4H3,(H,24,29)(H,25,26,28)/b10-7+. The Morgan fingerprint density at radius 3 is 2.29 bits per heavy atom. The maximum absolute atomic E-state index is 12.3. The second-order valence-electron chi connectivity index (χ2n) is 6.86. The lowest BCUT2D eigenvalue weighted by Crippen LogP contribution is -2.13. The zero-order valence-electron chi connectivity index (χ0n) is 19.1. The van der Waals surface area contributed by atoms with Gasteiger partial charge in [0.1, 0.15) is 0 Å². The highest BCUT2D eigenvalue weighted by Gasteiger charge is 2.13. The normalized spacial score (nSPS) is 10.7. The van der Waals surface area contributed by atoms with E-state index in [0.29, 0.717) is 32.3 Å². The number of hydrogen-bond donors (Lipinski definition) is 2. The van der Waals surface area contributed by atoms with Gasteiger partial charge >= 0.3 is 0 Å². The molecular weight excluding hydrogens is 476 g/mol. The number of aryl methyl sites for hydroxylation is 1. The number of rotatable bonds is 10. The fourth-order valence-electron chi connectivity index (χ4n) is 2.80. The smallest absolute Gasteiger partial charge is 0.250 e. The summed E-state index contributed by atoms with van der Waals surface area (Å²) in [6, 6.07) is 11.0. The summed E-state index contributed by atoms with van der Waals surface area (Å²) in [5.74, 6) is 1.09. The molecule has 11 heteroatoms. The van der Waals surface area contributed by atoms with Crippen molar-refractivity contribution < 1.29 is 23.8 Å². The first-order valence-electron chi connectivity index (χ1n) is 10.0. The number of benzene rings is 2. The number of methoxy groups -OCH3 is 3. The number of thioether (sulfide) groups is 1. The van der Waals surface area contributed by atoms with E-state index in [1.165, 1.54) is 50.5 Å². The van der Waals surface area contributed by atoms with Crippen molar-refractivity contribution in [2.75, 3.05) is 37.7 Å². The first-order valence-corrected chi connectivity index (χ1v) is 11.8. The van der Waals surface area contributed by atoms with Crippen molar-refractivity contribution in [2.45, 2.75) is 11.3 Å². The van der Waals surface area contributed by atoms with E-state index in [2.05, 4.69) is 20.8 Å². The number of carbonyl (C=O) groups is 2. The molecule has 2 amide bonds. The van der Waals surface area contributed by atoms with Crippen LogP contribution in [0, 0.1) is 6.92 Å². The average molecular weight is 501 g/mol. The van der Waals surface area contributed by atoms with Gasteiger partial charge in [0.05, 0.1) is 27.1 Å². The first-order chi connectivity index (χ1) is 16.4. The van der Waals surface area contributed by atoms with Crippen LogP contribution in [0.4, 0.5) is 10.8 Å². The van der Waals surface area contributed by atoms with Gasteiger partial charge in [-0.05, 0) is 42.8 Å². The summed E-state index contributed by atoms with van der Waals surface area (Å²) in [7, 11) is 4.57. The summed E-state index contributed by atoms with van der Waals surface area (Å²) in [5, 5.41) is 13.8. The second-order valence-corrected chi connectivity index (χ2v) is 9.06. The lowest BCUT2D eigenvalue weighted by molar-refractivity contribution is -0.114. The Hall–Kier alpha value is -3.57. The van der Waals surface area contributed by atoms with Crippen LogP contribution in [0.3, 0.4) is 0 Å². The summed E-state index contributed by atoms with van der Waals surface area (Å²) in [6.45, 7) is 1.98. The minimum Gasteiger partial charge on any atom is -0.493 e. The topological polar surface area (TPSA) is 112 Å². The number of carbonyl (C=O) groups excluding carboxylic acids is 2. The van der Waals surface area contributed by atoms with Gasteiger partial charge in [-0.15, -0.1) is 10.2 Å². The Bertz CT molecular complexity index is 1150. The SMILES string of the molecule is COc1cc(/C=C/C(=O)Nc2nnc(SCC(=O)Nc3ccc(C)cc3)s2)cc(OC)c1OC.